The van der Waals surface area contributed by atoms with Crippen LogP contribution in [0.15, 0.2) is 57.9 Å². The number of imidazole rings is 1. The van der Waals surface area contributed by atoms with Crippen LogP contribution in [0.3, 0.4) is 0 Å². The van der Waals surface area contributed by atoms with Gasteiger partial charge in [0.05, 0.1) is 65.5 Å². The molecule has 3 aromatic rings. The smallest absolute Gasteiger partial charge is 0.329 e. The number of likely N-dealkylation sites (tertiary alicyclic amines) is 2. The number of rotatable bonds is 12. The van der Waals surface area contributed by atoms with Gasteiger partial charge in [0, 0.05) is 77.3 Å². The van der Waals surface area contributed by atoms with E-state index in [0.717, 1.165) is 43.2 Å². The number of carbonyl (C=O) groups is 3. The highest BCUT2D eigenvalue weighted by molar-refractivity contribution is 6.18. The second-order valence-electron chi connectivity index (χ2n) is 18.7. The fourth-order valence-corrected chi connectivity index (χ4v) is 10.9. The van der Waals surface area contributed by atoms with Crippen LogP contribution in [0.5, 0.6) is 0 Å². The van der Waals surface area contributed by atoms with Crippen molar-refractivity contribution in [1.82, 2.24) is 39.3 Å². The number of imide groups is 1. The zero-order valence-electron chi connectivity index (χ0n) is 36.7. The molecule has 2 aromatic heterocycles. The molecule has 8 heterocycles. The van der Waals surface area contributed by atoms with Crippen LogP contribution in [0.4, 0.5) is 24.5 Å². The second kappa shape index (κ2) is 18.1. The fraction of sp³-hybridized carbons (Fsp3) is 0.578. The van der Waals surface area contributed by atoms with Gasteiger partial charge in [-0.15, -0.1) is 0 Å². The summed E-state index contributed by atoms with van der Waals surface area (Å²) in [6.45, 7) is 4.80. The molecule has 21 heteroatoms. The van der Waals surface area contributed by atoms with Crippen LogP contribution >= 0.6 is 0 Å². The first kappa shape index (κ1) is 44.1. The number of nitrogens with zero attached hydrogens (tertiary/aromatic N) is 8. The van der Waals surface area contributed by atoms with Crippen molar-refractivity contribution in [2.45, 2.75) is 94.3 Å². The van der Waals surface area contributed by atoms with Gasteiger partial charge in [-0.05, 0) is 69.1 Å². The summed E-state index contributed by atoms with van der Waals surface area (Å²) in [7, 11) is 1.69. The molecule has 6 fully saturated rings. The van der Waals surface area contributed by atoms with E-state index in [4.69, 9.17) is 14.9 Å². The third kappa shape index (κ3) is 8.44. The standard InChI is InChI=1S/C45H55F3N12O6/c1-55-40-33(3-2-4-34(40)60(45(55)64)35-9-10-38(61)53-44(35)63)57-18-26(19-57)23-66-36-12-14-56(21-31(36)46)17-25-5-7-27(8-6-25)59-22-32(39(54-59)41(47)48)51-43(62)30(16-49)42-50-13-11-37(52-42)58-20-29-15-28(58)24-65-29/h2-4,11,13,16,22,25-29,31,35-36,41,49-50H,5-10,12,14-15,17-21,23-24H2,1H3,(H,51,62)(H,53,61,63)/b42-30-,49-16?/t25-,27-,28?,29-,31-,35?,36-/m1/s1. The molecule has 0 spiro atoms. The fourth-order valence-electron chi connectivity index (χ4n) is 10.9. The summed E-state index contributed by atoms with van der Waals surface area (Å²) >= 11 is 0. The molecule has 1 saturated carbocycles. The van der Waals surface area contributed by atoms with Gasteiger partial charge in [-0.2, -0.15) is 5.10 Å². The zero-order chi connectivity index (χ0) is 45.8. The number of piperidine rings is 2. The van der Waals surface area contributed by atoms with Gasteiger partial charge in [-0.3, -0.25) is 38.4 Å². The lowest BCUT2D eigenvalue weighted by Crippen LogP contribution is -2.51. The number of amides is 3. The summed E-state index contributed by atoms with van der Waals surface area (Å²) in [5, 5.41) is 20.1. The molecule has 1 aromatic carbocycles. The number of para-hydroxylation sites is 1. The van der Waals surface area contributed by atoms with Crippen LogP contribution in [-0.2, 0) is 30.9 Å². The first-order chi connectivity index (χ1) is 31.9. The van der Waals surface area contributed by atoms with E-state index >= 15 is 4.39 Å². The molecule has 5 atom stereocenters. The predicted octanol–water partition coefficient (Wildman–Crippen LogP) is 3.54. The normalized spacial score (nSPS) is 29.0. The number of alkyl halides is 3. The highest BCUT2D eigenvalue weighted by Crippen LogP contribution is 2.37. The third-order valence-electron chi connectivity index (χ3n) is 14.5. The van der Waals surface area contributed by atoms with E-state index in [1.807, 2.05) is 18.2 Å². The summed E-state index contributed by atoms with van der Waals surface area (Å²) in [4.78, 5) is 62.3. The van der Waals surface area contributed by atoms with Gasteiger partial charge < -0.3 is 35.3 Å². The number of fused-ring (bicyclic) bond motifs is 3. The van der Waals surface area contributed by atoms with E-state index in [-0.39, 0.29) is 72.2 Å². The molecule has 0 radical (unpaired) electrons. The summed E-state index contributed by atoms with van der Waals surface area (Å²) < 4.78 is 60.6. The van der Waals surface area contributed by atoms with Crippen molar-refractivity contribution in [2.75, 3.05) is 62.7 Å². The number of morpholine rings is 1. The first-order valence-corrected chi connectivity index (χ1v) is 23.0. The van der Waals surface area contributed by atoms with E-state index < -0.39 is 42.3 Å². The largest absolute Gasteiger partial charge is 0.375 e. The van der Waals surface area contributed by atoms with Gasteiger partial charge in [0.15, 0.2) is 5.69 Å². The van der Waals surface area contributed by atoms with E-state index in [1.54, 1.807) is 23.9 Å². The predicted molar refractivity (Wildman–Crippen MR) is 237 cm³/mol. The Morgan fingerprint density at radius 3 is 2.59 bits per heavy atom. The van der Waals surface area contributed by atoms with E-state index in [1.165, 1.54) is 15.4 Å². The number of aliphatic imine (C=N–C) groups is 1. The molecule has 3 amide bonds. The number of anilines is 2. The molecule has 5 saturated heterocycles. The SMILES string of the molecule is Cn1c(=O)n(C2CCC(=O)NC2=O)c2cccc(N3CC(CO[C@@H]4CCN(C[C@H]5CC[C@H](n6cc(NC(=O)/C(C=N)=C7\N=C(N8C[C@H]9CC8CO9)C=CN7)c(C(F)F)n6)CC5)C[C@H]4F)C3)c21. The Labute approximate surface area is 378 Å². The second-order valence-corrected chi connectivity index (χ2v) is 18.7. The average Bonchev–Trinajstić information content (AvgIpc) is 4.09. The minimum absolute atomic E-state index is 0.106. The number of nitrogens with one attached hydrogen (secondary N) is 4. The zero-order valence-corrected chi connectivity index (χ0v) is 36.7. The van der Waals surface area contributed by atoms with Crippen LogP contribution in [0.25, 0.3) is 11.0 Å². The van der Waals surface area contributed by atoms with Gasteiger partial charge in [0.25, 0.3) is 12.3 Å². The highest BCUT2D eigenvalue weighted by atomic mass is 19.3. The van der Waals surface area contributed by atoms with Crippen molar-refractivity contribution in [3.63, 3.8) is 0 Å². The Morgan fingerprint density at radius 2 is 1.88 bits per heavy atom. The molecule has 2 bridgehead atoms. The molecule has 4 N–H and O–H groups in total. The molecule has 6 aliphatic heterocycles. The lowest BCUT2D eigenvalue weighted by atomic mass is 9.85. The van der Waals surface area contributed by atoms with E-state index in [9.17, 15) is 28.0 Å². The van der Waals surface area contributed by atoms with Crippen LogP contribution in [0.2, 0.25) is 0 Å². The Morgan fingerprint density at radius 1 is 1.06 bits per heavy atom. The Hall–Kier alpha value is -5.80. The number of ether oxygens (including phenoxy) is 2. The maximum atomic E-state index is 15.6. The van der Waals surface area contributed by atoms with Crippen molar-refractivity contribution in [2.24, 2.45) is 23.9 Å². The quantitative estimate of drug-likeness (QED) is 0.118. The number of aromatic nitrogens is 4. The molecular formula is C45H55F3N12O6. The average molecular weight is 917 g/mol. The monoisotopic (exact) mass is 916 g/mol. The van der Waals surface area contributed by atoms with E-state index in [2.05, 4.69) is 40.7 Å². The van der Waals surface area contributed by atoms with Gasteiger partial charge in [-0.25, -0.2) is 23.0 Å². The van der Waals surface area contributed by atoms with E-state index in [0.29, 0.717) is 75.9 Å². The topological polar surface area (TPSA) is 196 Å². The number of carbonyl (C=O) groups excluding carboxylic acids is 3. The maximum absolute atomic E-state index is 15.6. The summed E-state index contributed by atoms with van der Waals surface area (Å²) in [5.41, 5.74) is 1.16. The van der Waals surface area contributed by atoms with Crippen LogP contribution in [-0.4, -0.2) is 135 Å². The minimum atomic E-state index is -2.93. The number of aryl methyl sites for hydroxylation is 1. The van der Waals surface area contributed by atoms with Gasteiger partial charge in [-0.1, -0.05) is 6.07 Å². The number of hydrogen-bond acceptors (Lipinski definition) is 13. The molecular weight excluding hydrogens is 862 g/mol. The Bertz CT molecular complexity index is 2560. The lowest BCUT2D eigenvalue weighted by molar-refractivity contribution is -0.135. The summed E-state index contributed by atoms with van der Waals surface area (Å²) in [6, 6.07) is 4.93. The number of halogens is 3. The van der Waals surface area contributed by atoms with Crippen LogP contribution < -0.4 is 26.5 Å². The molecule has 352 valence electrons. The Kier molecular flexibility index (Phi) is 12.1. The van der Waals surface area contributed by atoms with Crippen LogP contribution in [0.1, 0.15) is 75.6 Å². The highest BCUT2D eigenvalue weighted by Gasteiger charge is 2.41. The molecule has 10 rings (SSSR count). The maximum Gasteiger partial charge on any atom is 0.329 e. The molecule has 1 aliphatic carbocycles. The van der Waals surface area contributed by atoms with Gasteiger partial charge in [0.1, 0.15) is 23.9 Å². The number of amidine groups is 1. The lowest BCUT2D eigenvalue weighted by Gasteiger charge is -2.43. The number of hydrogen-bond donors (Lipinski definition) is 4. The van der Waals surface area contributed by atoms with Crippen molar-refractivity contribution in [1.29, 1.82) is 5.41 Å². The first-order valence-electron chi connectivity index (χ1n) is 23.0. The number of benzene rings is 1. The van der Waals surface area contributed by atoms with Gasteiger partial charge in [0.2, 0.25) is 11.8 Å². The summed E-state index contributed by atoms with van der Waals surface area (Å²) in [5.74, 6) is -0.266. The molecule has 7 aliphatic rings. The van der Waals surface area contributed by atoms with Crippen molar-refractivity contribution in [3.05, 3.63) is 64.2 Å². The molecule has 2 unspecified atom stereocenters. The van der Waals surface area contributed by atoms with Crippen molar-refractivity contribution in [3.8, 4) is 0 Å². The molecule has 66 heavy (non-hydrogen) atoms. The summed E-state index contributed by atoms with van der Waals surface area (Å²) in [6.07, 6.45) is 6.27. The van der Waals surface area contributed by atoms with Crippen molar-refractivity contribution < 1.29 is 37.0 Å². The van der Waals surface area contributed by atoms with Crippen molar-refractivity contribution >= 4 is 52.2 Å². The Balaban J connectivity index is 0.685. The molecule has 18 nitrogen and oxygen atoms in total. The van der Waals surface area contributed by atoms with Crippen LogP contribution in [0, 0.1) is 17.2 Å². The van der Waals surface area contributed by atoms with Gasteiger partial charge >= 0.3 is 5.69 Å². The third-order valence-corrected chi connectivity index (χ3v) is 14.5. The minimum Gasteiger partial charge on any atom is -0.375 e.